The van der Waals surface area contributed by atoms with Crippen LogP contribution >= 0.6 is 11.6 Å². The number of hydrogen-bond acceptors (Lipinski definition) is 18. The molecule has 21 heteroatoms. The summed E-state index contributed by atoms with van der Waals surface area (Å²) in [6.45, 7) is 38.3. The van der Waals surface area contributed by atoms with Crippen molar-refractivity contribution in [3.63, 3.8) is 0 Å². The molecule has 526 valence electrons. The van der Waals surface area contributed by atoms with Crippen LogP contribution in [0.2, 0.25) is 5.35 Å². The number of carboxylic acids is 1. The summed E-state index contributed by atoms with van der Waals surface area (Å²) >= 11 is 5.51. The Balaban J connectivity index is 0.000000291. The Hall–Kier alpha value is -7.81. The fourth-order valence-electron chi connectivity index (χ4n) is 11.3. The number of methoxy groups -OCH3 is 2. The van der Waals surface area contributed by atoms with Gasteiger partial charge in [0.25, 0.3) is 17.4 Å². The van der Waals surface area contributed by atoms with Crippen molar-refractivity contribution in [2.75, 3.05) is 84.6 Å². The van der Waals surface area contributed by atoms with Gasteiger partial charge in [0, 0.05) is 39.3 Å². The van der Waals surface area contributed by atoms with Crippen LogP contribution in [0.15, 0.2) is 141 Å². The van der Waals surface area contributed by atoms with Gasteiger partial charge in [-0.1, -0.05) is 158 Å². The van der Waals surface area contributed by atoms with E-state index in [4.69, 9.17) is 40.1 Å². The van der Waals surface area contributed by atoms with Crippen molar-refractivity contribution in [2.45, 2.75) is 141 Å². The minimum atomic E-state index is -0.800. The number of carbonyl (C=O) groups is 3. The number of nitrogen functional groups attached to an aromatic ring is 1. The molecular weight excluding hydrogens is 1270 g/mol. The number of nitrogens with zero attached hydrogens (tertiary/aromatic N) is 6. The van der Waals surface area contributed by atoms with Crippen molar-refractivity contribution < 1.29 is 77.2 Å². The number of rotatable bonds is 28. The van der Waals surface area contributed by atoms with Gasteiger partial charge >= 0.3 is 47.5 Å². The number of aromatic nitrogens is 3. The Labute approximate surface area is 607 Å². The normalized spacial score (nSPS) is 12.0. The molecule has 0 aliphatic carbocycles. The second kappa shape index (κ2) is 40.3. The van der Waals surface area contributed by atoms with Crippen LogP contribution in [0.25, 0.3) is 33.3 Å². The molecule has 3 unspecified atom stereocenters. The van der Waals surface area contributed by atoms with E-state index < -0.39 is 5.97 Å². The number of hydrogen-bond donors (Lipinski definition) is 4. The number of esters is 2. The minimum absolute atomic E-state index is 0. The molecular formula is C77H105ClN9NaO10. The van der Waals surface area contributed by atoms with Crippen molar-refractivity contribution >= 4 is 109 Å². The molecule has 0 aliphatic rings. The number of oxazole rings is 3. The maximum absolute atomic E-state index is 11.8. The number of benzene rings is 6. The van der Waals surface area contributed by atoms with Gasteiger partial charge in [0.05, 0.1) is 67.6 Å². The van der Waals surface area contributed by atoms with Crippen LogP contribution < -0.4 is 60.6 Å². The molecule has 9 aromatic rings. The largest absolute Gasteiger partial charge is 1.00 e. The minimum Gasteiger partial charge on any atom is -0.870 e. The maximum Gasteiger partial charge on any atom is 1.00 e. The van der Waals surface area contributed by atoms with Crippen LogP contribution in [0.3, 0.4) is 0 Å². The van der Waals surface area contributed by atoms with E-state index in [9.17, 15) is 19.5 Å². The van der Waals surface area contributed by atoms with E-state index in [-0.39, 0.29) is 76.5 Å². The quantitative estimate of drug-likeness (QED) is 0.0202. The third-order valence-corrected chi connectivity index (χ3v) is 15.7. The second-order valence-corrected chi connectivity index (χ2v) is 27.8. The van der Waals surface area contributed by atoms with Gasteiger partial charge in [0.1, 0.15) is 16.6 Å². The first-order valence-electron chi connectivity index (χ1n) is 33.6. The Kier molecular flexibility index (Phi) is 34.0. The Morgan fingerprint density at radius 1 is 0.459 bits per heavy atom. The monoisotopic (exact) mass is 1370 g/mol. The number of para-hydroxylation sites is 6. The molecule has 19 nitrogen and oxygen atoms in total. The first-order valence-corrected chi connectivity index (χ1v) is 34.0. The third-order valence-electron chi connectivity index (χ3n) is 15.6. The second-order valence-electron chi connectivity index (χ2n) is 27.5. The Morgan fingerprint density at radius 2 is 0.765 bits per heavy atom. The summed E-state index contributed by atoms with van der Waals surface area (Å²) in [7, 11) is 2.84. The zero-order valence-electron chi connectivity index (χ0n) is 61.0. The van der Waals surface area contributed by atoms with Gasteiger partial charge in [0.15, 0.2) is 16.7 Å². The first-order chi connectivity index (χ1) is 45.6. The average molecular weight is 1380 g/mol. The van der Waals surface area contributed by atoms with Crippen molar-refractivity contribution in [3.05, 3.63) is 149 Å². The molecule has 6 N–H and O–H groups in total. The fraction of sp³-hybridized carbons (Fsp3) is 0.455. The molecule has 0 amide bonds. The number of anilines is 8. The molecule has 3 atom stereocenters. The van der Waals surface area contributed by atoms with Crippen LogP contribution in [0, 0.1) is 35.5 Å². The Morgan fingerprint density at radius 3 is 1.08 bits per heavy atom. The van der Waals surface area contributed by atoms with Crippen LogP contribution in [0.1, 0.15) is 158 Å². The van der Waals surface area contributed by atoms with Crippen molar-refractivity contribution in [1.29, 1.82) is 0 Å². The van der Waals surface area contributed by atoms with Gasteiger partial charge in [-0.05, 0) is 154 Å². The van der Waals surface area contributed by atoms with E-state index in [1.165, 1.54) is 14.2 Å². The number of aliphatic carboxylic acids is 1. The molecule has 0 saturated heterocycles. The summed E-state index contributed by atoms with van der Waals surface area (Å²) in [6, 6.07) is 42.4. The molecule has 6 aromatic carbocycles. The maximum atomic E-state index is 11.8. The summed E-state index contributed by atoms with van der Waals surface area (Å²) in [4.78, 5) is 54.7. The number of carboxylic acid groups (broad SMARTS) is 1. The molecule has 9 rings (SSSR count). The molecule has 0 spiro atoms. The molecule has 0 saturated carbocycles. The molecule has 3 aromatic heterocycles. The van der Waals surface area contributed by atoms with Crippen LogP contribution in [-0.4, -0.2) is 96.9 Å². The van der Waals surface area contributed by atoms with E-state index in [1.807, 2.05) is 112 Å². The van der Waals surface area contributed by atoms with Crippen LogP contribution in [-0.2, 0) is 23.9 Å². The zero-order valence-corrected chi connectivity index (χ0v) is 63.7. The predicted octanol–water partition coefficient (Wildman–Crippen LogP) is 16.0. The van der Waals surface area contributed by atoms with Crippen LogP contribution in [0.4, 0.5) is 46.2 Å². The van der Waals surface area contributed by atoms with E-state index in [1.54, 1.807) is 0 Å². The topological polar surface area (TPSA) is 258 Å². The zero-order chi connectivity index (χ0) is 70.3. The van der Waals surface area contributed by atoms with Gasteiger partial charge in [-0.15, -0.1) is 0 Å². The van der Waals surface area contributed by atoms with Crippen LogP contribution in [0.5, 0.6) is 0 Å². The number of nitrogens with two attached hydrogens (primary N) is 1. The summed E-state index contributed by atoms with van der Waals surface area (Å²) < 4.78 is 26.5. The SMILES string of the molecule is CC(C)CN(CC(C)C)c1ccc(C(C)CC(=O)O)cc1Nc1nc2ccccc2o1.COC(=O)CC(C)c1ccc(N(CC(C)C)CC(C)C)c(N)c1.COC(=O)CC(C)c1ccc(N(CC(C)C)CC(C)C)c(Nc2nc3ccccc3o2)c1.Clc1nc2ccccc2o1.[Na+].[OH-]. The number of ether oxygens (including phenoxy) is 2. The molecule has 0 aliphatic heterocycles. The summed E-state index contributed by atoms with van der Waals surface area (Å²) in [5.41, 5.74) is 19.9. The van der Waals surface area contributed by atoms with Crippen molar-refractivity contribution in [3.8, 4) is 0 Å². The van der Waals surface area contributed by atoms with Gasteiger partial charge in [-0.25, -0.2) is 0 Å². The summed E-state index contributed by atoms with van der Waals surface area (Å²) in [5.74, 6) is 2.02. The van der Waals surface area contributed by atoms with Gasteiger partial charge in [0.2, 0.25) is 0 Å². The third kappa shape index (κ3) is 26.1. The van der Waals surface area contributed by atoms with Gasteiger partial charge < -0.3 is 64.4 Å². The first kappa shape index (κ1) is 82.6. The predicted molar refractivity (Wildman–Crippen MR) is 396 cm³/mol. The molecule has 0 bridgehead atoms. The summed E-state index contributed by atoms with van der Waals surface area (Å²) in [5, 5.41) is 16.2. The van der Waals surface area contributed by atoms with Crippen molar-refractivity contribution in [1.82, 2.24) is 15.0 Å². The Bertz CT molecular complexity index is 3770. The molecule has 98 heavy (non-hydrogen) atoms. The van der Waals surface area contributed by atoms with E-state index in [0.29, 0.717) is 60.4 Å². The number of fused-ring (bicyclic) bond motifs is 3. The van der Waals surface area contributed by atoms with Gasteiger partial charge in [-0.2, -0.15) is 15.0 Å². The van der Waals surface area contributed by atoms with E-state index >= 15 is 0 Å². The smallest absolute Gasteiger partial charge is 0.870 e. The molecule has 3 heterocycles. The van der Waals surface area contributed by atoms with Gasteiger partial charge in [-0.3, -0.25) is 14.4 Å². The van der Waals surface area contributed by atoms with E-state index in [2.05, 4.69) is 160 Å². The average Bonchev–Trinajstić information content (AvgIpc) is 1.36. The number of nitrogens with one attached hydrogen (secondary N) is 2. The van der Waals surface area contributed by atoms with E-state index in [0.717, 1.165) is 123 Å². The number of halogens is 1. The summed E-state index contributed by atoms with van der Waals surface area (Å²) in [6.07, 6.45) is 0.792. The standard InChI is InChI=1S/C26H35N3O3.C25H33N3O3.C19H32N2O2.C7H4ClNO.Na.H2O/c1-17(2)15-29(16-18(3)4)23-12-11-20(19(5)13-25(30)31-6)14-22(23)28-26-27-21-9-7-8-10-24(21)32-26;1-16(2)14-28(15-17(3)4)22-11-10-19(18(5)12-24(29)30)13-21(22)27-25-26-20-8-6-7-9-23(20)31-25;1-13(2)11-21(12-14(3)4)18-8-7-16(10-17(18)20)15(5)9-19(22)23-6;8-7-9-5-3-1-2-4-6(5)10-7;;/h7-12,14,17-19H,13,15-16H2,1-6H3,(H,27,28);6-11,13,16-18H,12,14-15H2,1-5H3,(H,26,27)(H,29,30);7-8,10,13-15H,9,11-12,20H2,1-6H3;1-4H;;1H2/q;;;;+1;/p-1. The molecule has 0 fully saturated rings. The molecule has 0 radical (unpaired) electrons. The van der Waals surface area contributed by atoms with Crippen molar-refractivity contribution in [2.24, 2.45) is 35.5 Å². The fourth-order valence-corrected chi connectivity index (χ4v) is 11.5. The number of carbonyl (C=O) groups excluding carboxylic acids is 2.